The smallest absolute Gasteiger partial charge is 0.221 e. The molecule has 6 nitrogen and oxygen atoms in total. The first-order valence-corrected chi connectivity index (χ1v) is 9.64. The number of nitrogens with zero attached hydrogens (tertiary/aromatic N) is 3. The lowest BCUT2D eigenvalue weighted by Crippen LogP contribution is -1.98. The fourth-order valence-corrected chi connectivity index (χ4v) is 3.44. The number of nitrogen functional groups attached to an aromatic ring is 1. The van der Waals surface area contributed by atoms with Crippen LogP contribution in [0.2, 0.25) is 5.02 Å². The summed E-state index contributed by atoms with van der Waals surface area (Å²) in [5.74, 6) is 0.844. The van der Waals surface area contributed by atoms with Crippen LogP contribution in [-0.4, -0.2) is 15.0 Å². The van der Waals surface area contributed by atoms with Crippen LogP contribution in [-0.2, 0) is 0 Å². The number of nitrogens with two attached hydrogens (primary N) is 1. The topological polar surface area (TPSA) is 89.9 Å². The first-order valence-electron chi connectivity index (χ1n) is 9.26. The fourth-order valence-electron chi connectivity index (χ4n) is 3.27. The Morgan fingerprint density at radius 1 is 0.900 bits per heavy atom. The van der Waals surface area contributed by atoms with Crippen LogP contribution < -0.4 is 11.1 Å². The average Bonchev–Trinajstić information content (AvgIpc) is 3.29. The van der Waals surface area contributed by atoms with E-state index >= 15 is 0 Å². The highest BCUT2D eigenvalue weighted by molar-refractivity contribution is 6.31. The number of aromatic nitrogens is 3. The van der Waals surface area contributed by atoms with Gasteiger partial charge in [-0.1, -0.05) is 23.7 Å². The van der Waals surface area contributed by atoms with E-state index in [2.05, 4.69) is 20.3 Å². The number of halogens is 1. The molecule has 3 N–H and O–H groups in total. The second-order valence-corrected chi connectivity index (χ2v) is 7.13. The molecule has 30 heavy (non-hydrogen) atoms. The maximum atomic E-state index is 6.08. The van der Waals surface area contributed by atoms with Crippen molar-refractivity contribution in [1.29, 1.82) is 0 Å². The molecule has 0 bridgehead atoms. The zero-order valence-corrected chi connectivity index (χ0v) is 16.5. The Balaban J connectivity index is 1.44. The summed E-state index contributed by atoms with van der Waals surface area (Å²) in [6.07, 6.45) is 3.36. The Hall–Kier alpha value is -3.90. The van der Waals surface area contributed by atoms with Gasteiger partial charge in [-0.3, -0.25) is 4.98 Å². The quantitative estimate of drug-likeness (QED) is 0.379. The van der Waals surface area contributed by atoms with Gasteiger partial charge in [0.2, 0.25) is 5.95 Å². The molecule has 5 aromatic rings. The van der Waals surface area contributed by atoms with Gasteiger partial charge in [0.05, 0.1) is 17.5 Å². The van der Waals surface area contributed by atoms with Crippen LogP contribution in [0.15, 0.2) is 83.6 Å². The van der Waals surface area contributed by atoms with Gasteiger partial charge in [-0.15, -0.1) is 0 Å². The number of fused-ring (bicyclic) bond motifs is 1. The Bertz CT molecular complexity index is 1330. The van der Waals surface area contributed by atoms with Crippen molar-refractivity contribution in [3.8, 4) is 22.7 Å². The van der Waals surface area contributed by atoms with Gasteiger partial charge in [0, 0.05) is 33.5 Å². The second-order valence-electron chi connectivity index (χ2n) is 6.70. The molecular weight excluding hydrogens is 398 g/mol. The van der Waals surface area contributed by atoms with E-state index in [1.807, 2.05) is 66.7 Å². The molecule has 0 fully saturated rings. The van der Waals surface area contributed by atoms with E-state index < -0.39 is 0 Å². The number of furan rings is 1. The zero-order valence-electron chi connectivity index (χ0n) is 15.7. The zero-order chi connectivity index (χ0) is 20.5. The van der Waals surface area contributed by atoms with Crippen LogP contribution in [0, 0.1) is 0 Å². The highest BCUT2D eigenvalue weighted by Crippen LogP contribution is 2.29. The Morgan fingerprint density at radius 2 is 1.73 bits per heavy atom. The maximum Gasteiger partial charge on any atom is 0.221 e. The van der Waals surface area contributed by atoms with Crippen LogP contribution in [0.4, 0.5) is 17.3 Å². The lowest BCUT2D eigenvalue weighted by atomic mass is 10.1. The molecule has 0 radical (unpaired) electrons. The molecular formula is C23H16ClN5O. The molecule has 0 unspecified atom stereocenters. The molecule has 146 valence electrons. The summed E-state index contributed by atoms with van der Waals surface area (Å²) < 4.78 is 5.42. The summed E-state index contributed by atoms with van der Waals surface area (Å²) in [4.78, 5) is 13.0. The third kappa shape index (κ3) is 3.56. The molecule has 0 atom stereocenters. The van der Waals surface area contributed by atoms with Crippen LogP contribution in [0.3, 0.4) is 0 Å². The van der Waals surface area contributed by atoms with E-state index in [1.54, 1.807) is 12.5 Å². The minimum Gasteiger partial charge on any atom is -0.463 e. The molecule has 3 aromatic heterocycles. The summed E-state index contributed by atoms with van der Waals surface area (Å²) in [5, 5.41) is 5.09. The molecule has 0 spiro atoms. The van der Waals surface area contributed by atoms with E-state index in [0.717, 1.165) is 33.5 Å². The molecule has 0 aliphatic carbocycles. The van der Waals surface area contributed by atoms with Crippen molar-refractivity contribution >= 4 is 39.8 Å². The first-order chi connectivity index (χ1) is 14.7. The predicted octanol–water partition coefficient (Wildman–Crippen LogP) is 5.93. The SMILES string of the molecule is Nc1nc(-c2ccc(Nc3ccnc4cc(Cl)ccc34)cc2)cc(-c2ccco2)n1. The summed E-state index contributed by atoms with van der Waals surface area (Å²) >= 11 is 6.08. The predicted molar refractivity (Wildman–Crippen MR) is 120 cm³/mol. The van der Waals surface area contributed by atoms with Crippen LogP contribution >= 0.6 is 11.6 Å². The molecule has 0 saturated carbocycles. The standard InChI is InChI=1S/C23H16ClN5O/c24-15-5-8-17-18(9-10-26-20(17)12-15)27-16-6-3-14(4-7-16)19-13-21(29-23(25)28-19)22-2-1-11-30-22/h1-13H,(H,26,27)(H2,25,28,29). The van der Waals surface area contributed by atoms with Crippen molar-refractivity contribution in [3.63, 3.8) is 0 Å². The lowest BCUT2D eigenvalue weighted by Gasteiger charge is -2.11. The van der Waals surface area contributed by atoms with Crippen molar-refractivity contribution in [3.05, 3.63) is 84.2 Å². The van der Waals surface area contributed by atoms with Crippen molar-refractivity contribution in [1.82, 2.24) is 15.0 Å². The lowest BCUT2D eigenvalue weighted by molar-refractivity contribution is 0.580. The highest BCUT2D eigenvalue weighted by Gasteiger charge is 2.09. The second kappa shape index (κ2) is 7.50. The van der Waals surface area contributed by atoms with Gasteiger partial charge in [0.15, 0.2) is 5.76 Å². The molecule has 2 aromatic carbocycles. The van der Waals surface area contributed by atoms with E-state index in [4.69, 9.17) is 21.8 Å². The minimum atomic E-state index is 0.197. The fraction of sp³-hybridized carbons (Fsp3) is 0. The van der Waals surface area contributed by atoms with Crippen molar-refractivity contribution in [2.24, 2.45) is 0 Å². The molecule has 3 heterocycles. The third-order valence-electron chi connectivity index (χ3n) is 4.68. The van der Waals surface area contributed by atoms with Crippen molar-refractivity contribution in [2.75, 3.05) is 11.1 Å². The number of hydrogen-bond acceptors (Lipinski definition) is 6. The van der Waals surface area contributed by atoms with Gasteiger partial charge < -0.3 is 15.5 Å². The monoisotopic (exact) mass is 413 g/mol. The van der Waals surface area contributed by atoms with Crippen LogP contribution in [0.5, 0.6) is 0 Å². The Morgan fingerprint density at radius 3 is 2.53 bits per heavy atom. The van der Waals surface area contributed by atoms with E-state index in [1.165, 1.54) is 0 Å². The third-order valence-corrected chi connectivity index (χ3v) is 4.92. The van der Waals surface area contributed by atoms with Gasteiger partial charge >= 0.3 is 0 Å². The number of pyridine rings is 1. The van der Waals surface area contributed by atoms with Crippen molar-refractivity contribution in [2.45, 2.75) is 0 Å². The number of anilines is 3. The molecule has 0 amide bonds. The number of benzene rings is 2. The van der Waals surface area contributed by atoms with E-state index in [0.29, 0.717) is 16.5 Å². The van der Waals surface area contributed by atoms with Gasteiger partial charge in [-0.2, -0.15) is 0 Å². The summed E-state index contributed by atoms with van der Waals surface area (Å²) in [5.41, 5.74) is 10.9. The molecule has 5 rings (SSSR count). The van der Waals surface area contributed by atoms with Gasteiger partial charge in [-0.25, -0.2) is 9.97 Å². The van der Waals surface area contributed by atoms with Gasteiger partial charge in [-0.05, 0) is 54.6 Å². The summed E-state index contributed by atoms with van der Waals surface area (Å²) in [6, 6.07) is 21.0. The maximum absolute atomic E-state index is 6.08. The Kier molecular flexibility index (Phi) is 4.53. The molecule has 0 aliphatic heterocycles. The van der Waals surface area contributed by atoms with Crippen LogP contribution in [0.1, 0.15) is 0 Å². The normalized spacial score (nSPS) is 11.0. The summed E-state index contributed by atoms with van der Waals surface area (Å²) in [7, 11) is 0. The van der Waals surface area contributed by atoms with E-state index in [-0.39, 0.29) is 5.95 Å². The van der Waals surface area contributed by atoms with Crippen LogP contribution in [0.25, 0.3) is 33.6 Å². The number of hydrogen-bond donors (Lipinski definition) is 2. The summed E-state index contributed by atoms with van der Waals surface area (Å²) in [6.45, 7) is 0. The largest absolute Gasteiger partial charge is 0.463 e. The molecule has 7 heteroatoms. The molecule has 0 saturated heterocycles. The Labute approximate surface area is 177 Å². The van der Waals surface area contributed by atoms with Gasteiger partial charge in [0.1, 0.15) is 5.69 Å². The van der Waals surface area contributed by atoms with Gasteiger partial charge in [0.25, 0.3) is 0 Å². The highest BCUT2D eigenvalue weighted by atomic mass is 35.5. The minimum absolute atomic E-state index is 0.197. The van der Waals surface area contributed by atoms with Crippen molar-refractivity contribution < 1.29 is 4.42 Å². The molecule has 0 aliphatic rings. The first kappa shape index (κ1) is 18.1. The number of rotatable bonds is 4. The van der Waals surface area contributed by atoms with E-state index in [9.17, 15) is 0 Å². The average molecular weight is 414 g/mol. The number of nitrogens with one attached hydrogen (secondary N) is 1.